The van der Waals surface area contributed by atoms with Crippen LogP contribution >= 0.6 is 0 Å². The third-order valence-corrected chi connectivity index (χ3v) is 2.77. The minimum atomic E-state index is -0.437. The van der Waals surface area contributed by atoms with Crippen molar-refractivity contribution in [1.29, 1.82) is 0 Å². The van der Waals surface area contributed by atoms with Gasteiger partial charge in [0.25, 0.3) is 0 Å². The molecule has 20 heavy (non-hydrogen) atoms. The summed E-state index contributed by atoms with van der Waals surface area (Å²) < 4.78 is 10.6. The van der Waals surface area contributed by atoms with E-state index in [4.69, 9.17) is 9.47 Å². The molecule has 4 heteroatoms. The average Bonchev–Trinajstić information content (AvgIpc) is 2.37. The average molecular weight is 279 g/mol. The first-order valence-electron chi connectivity index (χ1n) is 6.89. The minimum absolute atomic E-state index is 0.176. The van der Waals surface area contributed by atoms with Gasteiger partial charge in [-0.3, -0.25) is 4.79 Å². The first kappa shape index (κ1) is 16.5. The van der Waals surface area contributed by atoms with E-state index in [1.165, 1.54) is 0 Å². The van der Waals surface area contributed by atoms with E-state index in [2.05, 4.69) is 5.32 Å². The molecule has 4 nitrogen and oxygen atoms in total. The van der Waals surface area contributed by atoms with Gasteiger partial charge in [0, 0.05) is 18.7 Å². The number of benzene rings is 1. The van der Waals surface area contributed by atoms with Crippen molar-refractivity contribution in [2.24, 2.45) is 5.92 Å². The van der Waals surface area contributed by atoms with Crippen molar-refractivity contribution < 1.29 is 14.3 Å². The summed E-state index contributed by atoms with van der Waals surface area (Å²) in [5.74, 6) is 0.499. The third kappa shape index (κ3) is 5.61. The monoisotopic (exact) mass is 279 g/mol. The van der Waals surface area contributed by atoms with Gasteiger partial charge in [-0.2, -0.15) is 0 Å². The summed E-state index contributed by atoms with van der Waals surface area (Å²) in [7, 11) is 1.65. The van der Waals surface area contributed by atoms with Crippen LogP contribution in [0.3, 0.4) is 0 Å². The molecule has 1 rings (SSSR count). The van der Waals surface area contributed by atoms with E-state index >= 15 is 0 Å². The molecule has 0 fully saturated rings. The normalized spacial score (nSPS) is 12.8. The largest absolute Gasteiger partial charge is 0.496 e. The Kier molecular flexibility index (Phi) is 6.02. The standard InChI is InChI=1S/C16H25NO3/c1-12(15(18)20-16(2,3)4)10-17-11-13-8-6-7-9-14(13)19-5/h6-9,12,17H,10-11H2,1-5H3/t12-/m0/s1. The lowest BCUT2D eigenvalue weighted by molar-refractivity contribution is -0.159. The molecule has 1 N–H and O–H groups in total. The van der Waals surface area contributed by atoms with E-state index in [0.717, 1.165) is 11.3 Å². The Balaban J connectivity index is 2.42. The molecule has 112 valence electrons. The van der Waals surface area contributed by atoms with Crippen molar-refractivity contribution in [3.8, 4) is 5.75 Å². The number of carbonyl (C=O) groups is 1. The van der Waals surface area contributed by atoms with Gasteiger partial charge in [0.05, 0.1) is 13.0 Å². The second-order valence-electron chi connectivity index (χ2n) is 5.88. The summed E-state index contributed by atoms with van der Waals surface area (Å²) in [6, 6.07) is 7.83. The molecule has 0 aliphatic heterocycles. The number of carbonyl (C=O) groups excluding carboxylic acids is 1. The predicted molar refractivity (Wildman–Crippen MR) is 79.7 cm³/mol. The molecule has 0 radical (unpaired) electrons. The zero-order valence-electron chi connectivity index (χ0n) is 13.0. The van der Waals surface area contributed by atoms with Gasteiger partial charge in [0.2, 0.25) is 0 Å². The molecule has 0 spiro atoms. The summed E-state index contributed by atoms with van der Waals surface area (Å²) >= 11 is 0. The highest BCUT2D eigenvalue weighted by atomic mass is 16.6. The number of hydrogen-bond donors (Lipinski definition) is 1. The molecule has 0 aliphatic carbocycles. The van der Waals surface area contributed by atoms with E-state index in [9.17, 15) is 4.79 Å². The fourth-order valence-electron chi connectivity index (χ4n) is 1.76. The zero-order chi connectivity index (χ0) is 15.2. The maximum absolute atomic E-state index is 11.8. The maximum Gasteiger partial charge on any atom is 0.310 e. The number of hydrogen-bond acceptors (Lipinski definition) is 4. The number of para-hydroxylation sites is 1. The Morgan fingerprint density at radius 2 is 1.95 bits per heavy atom. The molecular weight excluding hydrogens is 254 g/mol. The van der Waals surface area contributed by atoms with Crippen LogP contribution in [0.4, 0.5) is 0 Å². The van der Waals surface area contributed by atoms with E-state index in [1.54, 1.807) is 7.11 Å². The van der Waals surface area contributed by atoms with Crippen LogP contribution in [0.2, 0.25) is 0 Å². The fraction of sp³-hybridized carbons (Fsp3) is 0.562. The van der Waals surface area contributed by atoms with Crippen molar-refractivity contribution in [2.45, 2.75) is 39.8 Å². The smallest absolute Gasteiger partial charge is 0.310 e. The van der Waals surface area contributed by atoms with Crippen molar-refractivity contribution >= 4 is 5.97 Å². The van der Waals surface area contributed by atoms with Gasteiger partial charge in [-0.1, -0.05) is 25.1 Å². The molecule has 0 aliphatic rings. The van der Waals surface area contributed by atoms with Crippen molar-refractivity contribution in [1.82, 2.24) is 5.32 Å². The summed E-state index contributed by atoms with van der Waals surface area (Å²) in [6.45, 7) is 8.73. The Morgan fingerprint density at radius 3 is 2.55 bits per heavy atom. The Labute approximate surface area is 121 Å². The minimum Gasteiger partial charge on any atom is -0.496 e. The van der Waals surface area contributed by atoms with Gasteiger partial charge < -0.3 is 14.8 Å². The first-order chi connectivity index (χ1) is 9.33. The lowest BCUT2D eigenvalue weighted by atomic mass is 10.1. The molecule has 0 saturated carbocycles. The summed E-state index contributed by atoms with van der Waals surface area (Å²) in [6.07, 6.45) is 0. The Bertz CT molecular complexity index is 438. The highest BCUT2D eigenvalue weighted by Crippen LogP contribution is 2.17. The van der Waals surface area contributed by atoms with Crippen LogP contribution in [0, 0.1) is 5.92 Å². The SMILES string of the molecule is COc1ccccc1CNC[C@H](C)C(=O)OC(C)(C)C. The molecule has 0 bridgehead atoms. The van der Waals surface area contributed by atoms with Crippen LogP contribution in [0.1, 0.15) is 33.3 Å². The predicted octanol–water partition coefficient (Wildman–Crippen LogP) is 2.76. The van der Waals surface area contributed by atoms with Crippen molar-refractivity contribution in [2.75, 3.05) is 13.7 Å². The molecule has 1 aromatic carbocycles. The van der Waals surface area contributed by atoms with Gasteiger partial charge in [-0.25, -0.2) is 0 Å². The highest BCUT2D eigenvalue weighted by molar-refractivity contribution is 5.72. The quantitative estimate of drug-likeness (QED) is 0.813. The third-order valence-electron chi connectivity index (χ3n) is 2.77. The number of esters is 1. The molecular formula is C16H25NO3. The van der Waals surface area contributed by atoms with Gasteiger partial charge in [0.1, 0.15) is 11.4 Å². The van der Waals surface area contributed by atoms with Crippen LogP contribution in [0.5, 0.6) is 5.75 Å². The fourth-order valence-corrected chi connectivity index (χ4v) is 1.76. The Morgan fingerprint density at radius 1 is 1.30 bits per heavy atom. The molecule has 0 amide bonds. The number of rotatable bonds is 6. The summed E-state index contributed by atoms with van der Waals surface area (Å²) in [5, 5.41) is 3.26. The van der Waals surface area contributed by atoms with E-state index < -0.39 is 5.60 Å². The topological polar surface area (TPSA) is 47.6 Å². The molecule has 1 atom stereocenters. The van der Waals surface area contributed by atoms with Gasteiger partial charge in [-0.05, 0) is 26.8 Å². The molecule has 0 heterocycles. The van der Waals surface area contributed by atoms with Crippen molar-refractivity contribution in [3.63, 3.8) is 0 Å². The second-order valence-corrected chi connectivity index (χ2v) is 5.88. The van der Waals surface area contributed by atoms with Crippen molar-refractivity contribution in [3.05, 3.63) is 29.8 Å². The molecule has 0 saturated heterocycles. The maximum atomic E-state index is 11.8. The molecule has 0 aromatic heterocycles. The number of ether oxygens (including phenoxy) is 2. The van der Waals surface area contributed by atoms with Gasteiger partial charge in [-0.15, -0.1) is 0 Å². The van der Waals surface area contributed by atoms with Gasteiger partial charge in [0.15, 0.2) is 0 Å². The molecule has 1 aromatic rings. The first-order valence-corrected chi connectivity index (χ1v) is 6.89. The van der Waals surface area contributed by atoms with Gasteiger partial charge >= 0.3 is 5.97 Å². The van der Waals surface area contributed by atoms with E-state index in [1.807, 2.05) is 52.0 Å². The number of methoxy groups -OCH3 is 1. The number of nitrogens with one attached hydrogen (secondary N) is 1. The summed E-state index contributed by atoms with van der Waals surface area (Å²) in [4.78, 5) is 11.8. The zero-order valence-corrected chi connectivity index (χ0v) is 13.0. The van der Waals surface area contributed by atoms with Crippen LogP contribution < -0.4 is 10.1 Å². The van der Waals surface area contributed by atoms with Crippen LogP contribution in [0.15, 0.2) is 24.3 Å². The lowest BCUT2D eigenvalue weighted by Crippen LogP contribution is -2.32. The van der Waals surface area contributed by atoms with Crippen LogP contribution in [-0.2, 0) is 16.1 Å². The van der Waals surface area contributed by atoms with Crippen LogP contribution in [0.25, 0.3) is 0 Å². The molecule has 0 unspecified atom stereocenters. The van der Waals surface area contributed by atoms with E-state index in [0.29, 0.717) is 13.1 Å². The second kappa shape index (κ2) is 7.29. The lowest BCUT2D eigenvalue weighted by Gasteiger charge is -2.22. The van der Waals surface area contributed by atoms with E-state index in [-0.39, 0.29) is 11.9 Å². The Hall–Kier alpha value is -1.55. The highest BCUT2D eigenvalue weighted by Gasteiger charge is 2.21. The summed E-state index contributed by atoms with van der Waals surface area (Å²) in [5.41, 5.74) is 0.639. The van der Waals surface area contributed by atoms with Crippen LogP contribution in [-0.4, -0.2) is 25.2 Å².